The molecule has 0 aliphatic heterocycles. The number of rotatable bonds is 7. The van der Waals surface area contributed by atoms with E-state index < -0.39 is 0 Å². The van der Waals surface area contributed by atoms with Gasteiger partial charge in [-0.2, -0.15) is 0 Å². The van der Waals surface area contributed by atoms with Crippen LogP contribution in [0.4, 0.5) is 0 Å². The van der Waals surface area contributed by atoms with Crippen LogP contribution < -0.4 is 5.32 Å². The first-order valence-electron chi connectivity index (χ1n) is 5.44. The quantitative estimate of drug-likeness (QED) is 0.640. The molecule has 0 radical (unpaired) electrons. The van der Waals surface area contributed by atoms with Gasteiger partial charge in [-0.3, -0.25) is 4.79 Å². The summed E-state index contributed by atoms with van der Waals surface area (Å²) < 4.78 is 4.60. The van der Waals surface area contributed by atoms with E-state index in [4.69, 9.17) is 0 Å². The van der Waals surface area contributed by atoms with Crippen molar-refractivity contribution in [3.05, 3.63) is 0 Å². The van der Waals surface area contributed by atoms with Gasteiger partial charge in [-0.25, -0.2) is 0 Å². The molecule has 0 heterocycles. The van der Waals surface area contributed by atoms with Crippen LogP contribution in [0.2, 0.25) is 0 Å². The van der Waals surface area contributed by atoms with E-state index in [1.807, 2.05) is 6.92 Å². The van der Waals surface area contributed by atoms with E-state index in [0.29, 0.717) is 6.42 Å². The average Bonchev–Trinajstić information content (AvgIpc) is 2.19. The van der Waals surface area contributed by atoms with E-state index in [9.17, 15) is 4.79 Å². The topological polar surface area (TPSA) is 38.3 Å². The first-order valence-corrected chi connectivity index (χ1v) is 5.44. The summed E-state index contributed by atoms with van der Waals surface area (Å²) in [6, 6.07) is 0.211. The molecule has 14 heavy (non-hydrogen) atoms. The predicted octanol–water partition coefficient (Wildman–Crippen LogP) is 1.96. The lowest BCUT2D eigenvalue weighted by molar-refractivity contribution is -0.141. The monoisotopic (exact) mass is 201 g/mol. The van der Waals surface area contributed by atoms with E-state index in [2.05, 4.69) is 23.9 Å². The highest BCUT2D eigenvalue weighted by Gasteiger charge is 2.10. The Hall–Kier alpha value is -0.570. The maximum Gasteiger partial charge on any atom is 0.307 e. The van der Waals surface area contributed by atoms with Gasteiger partial charge in [0.25, 0.3) is 0 Å². The minimum atomic E-state index is -0.144. The van der Waals surface area contributed by atoms with E-state index in [1.54, 1.807) is 0 Å². The zero-order valence-electron chi connectivity index (χ0n) is 9.80. The Morgan fingerprint density at radius 2 is 1.93 bits per heavy atom. The van der Waals surface area contributed by atoms with Gasteiger partial charge in [-0.05, 0) is 19.4 Å². The second-order valence-electron chi connectivity index (χ2n) is 3.77. The average molecular weight is 201 g/mol. The maximum absolute atomic E-state index is 10.9. The molecule has 0 saturated heterocycles. The molecule has 0 fully saturated rings. The van der Waals surface area contributed by atoms with Gasteiger partial charge in [-0.1, -0.05) is 26.7 Å². The van der Waals surface area contributed by atoms with Crippen LogP contribution in [0.15, 0.2) is 0 Å². The first-order chi connectivity index (χ1) is 6.63. The highest BCUT2D eigenvalue weighted by atomic mass is 16.5. The summed E-state index contributed by atoms with van der Waals surface area (Å²) in [5, 5.41) is 3.35. The molecule has 1 N–H and O–H groups in total. The highest BCUT2D eigenvalue weighted by Crippen LogP contribution is 2.06. The number of nitrogens with one attached hydrogen (secondary N) is 1. The van der Waals surface area contributed by atoms with Crippen molar-refractivity contribution in [3.63, 3.8) is 0 Å². The molecule has 0 spiro atoms. The van der Waals surface area contributed by atoms with Crippen LogP contribution in [0.5, 0.6) is 0 Å². The summed E-state index contributed by atoms with van der Waals surface area (Å²) in [4.78, 5) is 10.9. The molecule has 84 valence electrons. The van der Waals surface area contributed by atoms with Crippen molar-refractivity contribution in [3.8, 4) is 0 Å². The Labute approximate surface area is 87.2 Å². The van der Waals surface area contributed by atoms with E-state index in [0.717, 1.165) is 12.5 Å². The molecule has 3 heteroatoms. The first kappa shape index (κ1) is 13.4. The lowest BCUT2D eigenvalue weighted by atomic mass is 10.0. The van der Waals surface area contributed by atoms with Gasteiger partial charge < -0.3 is 10.1 Å². The smallest absolute Gasteiger partial charge is 0.307 e. The Morgan fingerprint density at radius 1 is 1.36 bits per heavy atom. The fourth-order valence-electron chi connectivity index (χ4n) is 1.35. The third-order valence-corrected chi connectivity index (χ3v) is 2.61. The number of carbonyl (C=O) groups is 1. The van der Waals surface area contributed by atoms with Gasteiger partial charge in [-0.15, -0.1) is 0 Å². The Morgan fingerprint density at radius 3 is 2.36 bits per heavy atom. The summed E-state index contributed by atoms with van der Waals surface area (Å²) in [5.74, 6) is 0.574. The minimum absolute atomic E-state index is 0.144. The van der Waals surface area contributed by atoms with Crippen molar-refractivity contribution in [1.29, 1.82) is 0 Å². The van der Waals surface area contributed by atoms with Crippen molar-refractivity contribution in [2.75, 3.05) is 13.7 Å². The normalized spacial score (nSPS) is 12.9. The summed E-state index contributed by atoms with van der Waals surface area (Å²) in [6.07, 6.45) is 2.83. The van der Waals surface area contributed by atoms with E-state index in [-0.39, 0.29) is 12.0 Å². The van der Waals surface area contributed by atoms with Crippen LogP contribution in [0.1, 0.15) is 40.0 Å². The van der Waals surface area contributed by atoms with Gasteiger partial charge in [0.15, 0.2) is 0 Å². The fraction of sp³-hybridized carbons (Fsp3) is 0.909. The molecule has 0 aromatic rings. The molecule has 0 amide bonds. The van der Waals surface area contributed by atoms with Crippen LogP contribution in [0.25, 0.3) is 0 Å². The SMILES string of the molecule is CCC(CC)CNC(C)CC(=O)OC. The van der Waals surface area contributed by atoms with Gasteiger partial charge in [0.1, 0.15) is 0 Å². The van der Waals surface area contributed by atoms with Crippen molar-refractivity contribution in [1.82, 2.24) is 5.32 Å². The molecule has 0 aromatic heterocycles. The van der Waals surface area contributed by atoms with Crippen LogP contribution in [0, 0.1) is 5.92 Å². The minimum Gasteiger partial charge on any atom is -0.469 e. The third kappa shape index (κ3) is 5.97. The van der Waals surface area contributed by atoms with Gasteiger partial charge in [0, 0.05) is 6.04 Å². The van der Waals surface area contributed by atoms with Crippen molar-refractivity contribution >= 4 is 5.97 Å². The van der Waals surface area contributed by atoms with Crippen LogP contribution in [-0.4, -0.2) is 25.7 Å². The summed E-state index contributed by atoms with van der Waals surface area (Å²) >= 11 is 0. The Bertz CT molecular complexity index is 155. The second-order valence-corrected chi connectivity index (χ2v) is 3.77. The molecule has 0 aliphatic carbocycles. The third-order valence-electron chi connectivity index (χ3n) is 2.61. The highest BCUT2D eigenvalue weighted by molar-refractivity contribution is 5.69. The molecule has 0 aromatic carbocycles. The molecule has 0 bridgehead atoms. The van der Waals surface area contributed by atoms with E-state index >= 15 is 0 Å². The lowest BCUT2D eigenvalue weighted by Crippen LogP contribution is -2.32. The zero-order valence-corrected chi connectivity index (χ0v) is 9.80. The van der Waals surface area contributed by atoms with Crippen molar-refractivity contribution in [2.24, 2.45) is 5.92 Å². The van der Waals surface area contributed by atoms with Crippen LogP contribution in [-0.2, 0) is 9.53 Å². The second kappa shape index (κ2) is 7.80. The lowest BCUT2D eigenvalue weighted by Gasteiger charge is -2.17. The molecule has 1 unspecified atom stereocenters. The molecule has 0 aliphatic rings. The molecule has 3 nitrogen and oxygen atoms in total. The molecule has 0 saturated carbocycles. The number of methoxy groups -OCH3 is 1. The van der Waals surface area contributed by atoms with Gasteiger partial charge >= 0.3 is 5.97 Å². The summed E-state index contributed by atoms with van der Waals surface area (Å²) in [6.45, 7) is 7.39. The predicted molar refractivity (Wildman–Crippen MR) is 58.2 cm³/mol. The molecular formula is C11H23NO2. The molecular weight excluding hydrogens is 178 g/mol. The zero-order chi connectivity index (χ0) is 11.0. The van der Waals surface area contributed by atoms with E-state index in [1.165, 1.54) is 20.0 Å². The largest absolute Gasteiger partial charge is 0.469 e. The van der Waals surface area contributed by atoms with Crippen LogP contribution in [0.3, 0.4) is 0 Å². The maximum atomic E-state index is 10.9. The van der Waals surface area contributed by atoms with Gasteiger partial charge in [0.05, 0.1) is 13.5 Å². The fourth-order valence-corrected chi connectivity index (χ4v) is 1.35. The van der Waals surface area contributed by atoms with Crippen LogP contribution >= 0.6 is 0 Å². The number of esters is 1. The van der Waals surface area contributed by atoms with Gasteiger partial charge in [0.2, 0.25) is 0 Å². The summed E-state index contributed by atoms with van der Waals surface area (Å²) in [7, 11) is 1.43. The Balaban J connectivity index is 3.61. The molecule has 0 rings (SSSR count). The molecule has 1 atom stereocenters. The number of hydrogen-bond acceptors (Lipinski definition) is 3. The number of carbonyl (C=O) groups excluding carboxylic acids is 1. The summed E-state index contributed by atoms with van der Waals surface area (Å²) in [5.41, 5.74) is 0. The standard InChI is InChI=1S/C11H23NO2/c1-5-10(6-2)8-12-9(3)7-11(13)14-4/h9-10,12H,5-8H2,1-4H3. The van der Waals surface area contributed by atoms with Crippen molar-refractivity contribution < 1.29 is 9.53 Å². The number of hydrogen-bond donors (Lipinski definition) is 1. The number of ether oxygens (including phenoxy) is 1. The Kier molecular flexibility index (Phi) is 7.48. The van der Waals surface area contributed by atoms with Crippen molar-refractivity contribution in [2.45, 2.75) is 46.1 Å².